The van der Waals surface area contributed by atoms with Gasteiger partial charge in [-0.15, -0.1) is 0 Å². The first-order valence-electron chi connectivity index (χ1n) is 8.08. The fourth-order valence-electron chi connectivity index (χ4n) is 3.30. The van der Waals surface area contributed by atoms with Crippen LogP contribution >= 0.6 is 0 Å². The van der Waals surface area contributed by atoms with Gasteiger partial charge in [-0.1, -0.05) is 43.7 Å². The van der Waals surface area contributed by atoms with Gasteiger partial charge >= 0.3 is 0 Å². The zero-order chi connectivity index (χ0) is 14.2. The van der Waals surface area contributed by atoms with Gasteiger partial charge in [0.2, 0.25) is 0 Å². The van der Waals surface area contributed by atoms with Gasteiger partial charge in [0.15, 0.2) is 0 Å². The molecule has 1 aromatic carbocycles. The topological polar surface area (TPSA) is 29.5 Å². The van der Waals surface area contributed by atoms with Crippen LogP contribution in [0.2, 0.25) is 0 Å². The molecule has 1 unspecified atom stereocenters. The molecule has 2 rings (SSSR count). The zero-order valence-electron chi connectivity index (χ0n) is 12.6. The van der Waals surface area contributed by atoms with Crippen LogP contribution in [0.1, 0.15) is 44.6 Å². The van der Waals surface area contributed by atoms with Crippen molar-refractivity contribution in [1.29, 1.82) is 0 Å². The lowest BCUT2D eigenvalue weighted by molar-refractivity contribution is -0.0153. The average Bonchev–Trinajstić information content (AvgIpc) is 2.48. The van der Waals surface area contributed by atoms with E-state index < -0.39 is 0 Å². The smallest absolute Gasteiger partial charge is 0.0581 e. The molecule has 2 heteroatoms. The van der Waals surface area contributed by atoms with E-state index in [-0.39, 0.29) is 0 Å². The van der Waals surface area contributed by atoms with E-state index in [0.29, 0.717) is 24.5 Å². The molecule has 2 nitrogen and oxygen atoms in total. The average molecular weight is 276 g/mol. The Morgan fingerprint density at radius 3 is 2.55 bits per heavy atom. The van der Waals surface area contributed by atoms with Crippen molar-refractivity contribution in [2.45, 2.75) is 51.6 Å². The standard InChI is InChI=1S/C18H28O2/c1-2-3-9-20-18-12-16(11-17(13-18)14-19)10-15-7-5-4-6-8-15/h4-8,16-19H,2-3,9-14H2,1H3/t16?,17-,18+/m0/s1. The lowest BCUT2D eigenvalue weighted by Gasteiger charge is -2.34. The largest absolute Gasteiger partial charge is 0.396 e. The van der Waals surface area contributed by atoms with Crippen LogP contribution in [0.3, 0.4) is 0 Å². The second-order valence-electron chi connectivity index (χ2n) is 6.16. The Kier molecular flexibility index (Phi) is 6.55. The minimum absolute atomic E-state index is 0.304. The van der Waals surface area contributed by atoms with E-state index >= 15 is 0 Å². The number of benzene rings is 1. The second kappa shape index (κ2) is 8.43. The van der Waals surface area contributed by atoms with Gasteiger partial charge in [-0.05, 0) is 49.5 Å². The molecule has 1 fully saturated rings. The molecule has 0 heterocycles. The Morgan fingerprint density at radius 2 is 1.85 bits per heavy atom. The lowest BCUT2D eigenvalue weighted by Crippen LogP contribution is -2.31. The Bertz CT molecular complexity index is 363. The lowest BCUT2D eigenvalue weighted by atomic mass is 9.77. The normalized spacial score (nSPS) is 26.6. The van der Waals surface area contributed by atoms with E-state index in [4.69, 9.17) is 4.74 Å². The number of hydrogen-bond acceptors (Lipinski definition) is 2. The molecule has 0 radical (unpaired) electrons. The molecule has 0 aromatic heterocycles. The van der Waals surface area contributed by atoms with Gasteiger partial charge in [0.05, 0.1) is 6.10 Å². The van der Waals surface area contributed by atoms with Gasteiger partial charge in [-0.25, -0.2) is 0 Å². The highest BCUT2D eigenvalue weighted by molar-refractivity contribution is 5.15. The molecule has 1 N–H and O–H groups in total. The van der Waals surface area contributed by atoms with Gasteiger partial charge in [-0.2, -0.15) is 0 Å². The fraction of sp³-hybridized carbons (Fsp3) is 0.667. The van der Waals surface area contributed by atoms with Gasteiger partial charge in [-0.3, -0.25) is 0 Å². The summed E-state index contributed by atoms with van der Waals surface area (Å²) in [6.07, 6.45) is 7.11. The van der Waals surface area contributed by atoms with Crippen molar-refractivity contribution in [3.8, 4) is 0 Å². The number of rotatable bonds is 7. The summed E-state index contributed by atoms with van der Waals surface area (Å²) in [5.41, 5.74) is 1.41. The first-order chi connectivity index (χ1) is 9.81. The Balaban J connectivity index is 1.87. The van der Waals surface area contributed by atoms with Crippen LogP contribution in [-0.4, -0.2) is 24.4 Å². The molecule has 0 bridgehead atoms. The second-order valence-corrected chi connectivity index (χ2v) is 6.16. The molecule has 1 aliphatic rings. The van der Waals surface area contributed by atoms with Crippen molar-refractivity contribution in [1.82, 2.24) is 0 Å². The summed E-state index contributed by atoms with van der Waals surface area (Å²) in [4.78, 5) is 0. The Hall–Kier alpha value is -0.860. The van der Waals surface area contributed by atoms with Crippen molar-refractivity contribution in [3.05, 3.63) is 35.9 Å². The highest BCUT2D eigenvalue weighted by Crippen LogP contribution is 2.33. The van der Waals surface area contributed by atoms with Crippen molar-refractivity contribution < 1.29 is 9.84 Å². The van der Waals surface area contributed by atoms with Gasteiger partial charge in [0.25, 0.3) is 0 Å². The molecule has 1 aromatic rings. The van der Waals surface area contributed by atoms with E-state index in [9.17, 15) is 5.11 Å². The summed E-state index contributed by atoms with van der Waals surface area (Å²) in [7, 11) is 0. The van der Waals surface area contributed by atoms with Crippen molar-refractivity contribution in [3.63, 3.8) is 0 Å². The predicted octanol–water partition coefficient (Wildman–Crippen LogP) is 3.82. The van der Waals surface area contributed by atoms with Crippen LogP contribution in [0.25, 0.3) is 0 Å². The zero-order valence-corrected chi connectivity index (χ0v) is 12.6. The van der Waals surface area contributed by atoms with E-state index in [1.54, 1.807) is 0 Å². The molecule has 112 valence electrons. The summed E-state index contributed by atoms with van der Waals surface area (Å²) >= 11 is 0. The maximum absolute atomic E-state index is 9.51. The molecule has 0 amide bonds. The summed E-state index contributed by atoms with van der Waals surface area (Å²) in [5, 5.41) is 9.51. The van der Waals surface area contributed by atoms with E-state index in [0.717, 1.165) is 38.7 Å². The van der Waals surface area contributed by atoms with Crippen LogP contribution in [-0.2, 0) is 11.2 Å². The van der Waals surface area contributed by atoms with Gasteiger partial charge in [0.1, 0.15) is 0 Å². The third-order valence-corrected chi connectivity index (χ3v) is 4.34. The first-order valence-corrected chi connectivity index (χ1v) is 8.08. The SMILES string of the molecule is CCCCO[C@@H]1CC(Cc2ccccc2)C[C@H](CO)C1. The Morgan fingerprint density at radius 1 is 1.10 bits per heavy atom. The van der Waals surface area contributed by atoms with Crippen LogP contribution in [0, 0.1) is 11.8 Å². The number of unbranched alkanes of at least 4 members (excludes halogenated alkanes) is 1. The van der Waals surface area contributed by atoms with E-state index in [1.165, 1.54) is 12.0 Å². The first kappa shape index (κ1) is 15.5. The van der Waals surface area contributed by atoms with Crippen LogP contribution in [0.5, 0.6) is 0 Å². The molecular weight excluding hydrogens is 248 g/mol. The van der Waals surface area contributed by atoms with Crippen LogP contribution in [0.4, 0.5) is 0 Å². The molecule has 1 aliphatic carbocycles. The van der Waals surface area contributed by atoms with E-state index in [2.05, 4.69) is 37.3 Å². The summed E-state index contributed by atoms with van der Waals surface area (Å²) in [6, 6.07) is 10.7. The van der Waals surface area contributed by atoms with Gasteiger partial charge < -0.3 is 9.84 Å². The summed E-state index contributed by atoms with van der Waals surface area (Å²) < 4.78 is 6.01. The maximum atomic E-state index is 9.51. The predicted molar refractivity (Wildman–Crippen MR) is 82.7 cm³/mol. The number of aliphatic hydroxyl groups is 1. The third kappa shape index (κ3) is 4.92. The van der Waals surface area contributed by atoms with Gasteiger partial charge in [0, 0.05) is 13.2 Å². The number of aliphatic hydroxyl groups excluding tert-OH is 1. The van der Waals surface area contributed by atoms with E-state index in [1.807, 2.05) is 0 Å². The van der Waals surface area contributed by atoms with Crippen molar-refractivity contribution in [2.24, 2.45) is 11.8 Å². The van der Waals surface area contributed by atoms with Crippen molar-refractivity contribution >= 4 is 0 Å². The number of hydrogen-bond donors (Lipinski definition) is 1. The minimum Gasteiger partial charge on any atom is -0.396 e. The number of ether oxygens (including phenoxy) is 1. The van der Waals surface area contributed by atoms with Crippen LogP contribution < -0.4 is 0 Å². The minimum atomic E-state index is 0.304. The molecule has 0 spiro atoms. The molecule has 1 saturated carbocycles. The quantitative estimate of drug-likeness (QED) is 0.767. The fourth-order valence-corrected chi connectivity index (χ4v) is 3.30. The highest BCUT2D eigenvalue weighted by Gasteiger charge is 2.29. The van der Waals surface area contributed by atoms with Crippen molar-refractivity contribution in [2.75, 3.05) is 13.2 Å². The monoisotopic (exact) mass is 276 g/mol. The highest BCUT2D eigenvalue weighted by atomic mass is 16.5. The molecule has 20 heavy (non-hydrogen) atoms. The molecule has 0 saturated heterocycles. The summed E-state index contributed by atoms with van der Waals surface area (Å²) in [5.74, 6) is 1.07. The molecular formula is C18H28O2. The molecule has 3 atom stereocenters. The van der Waals surface area contributed by atoms with Crippen LogP contribution in [0.15, 0.2) is 30.3 Å². The molecule has 0 aliphatic heterocycles. The maximum Gasteiger partial charge on any atom is 0.0581 e. The summed E-state index contributed by atoms with van der Waals surface area (Å²) in [6.45, 7) is 3.37. The Labute approximate surface area is 123 Å². The third-order valence-electron chi connectivity index (χ3n) is 4.34.